The monoisotopic (exact) mass is 428 g/mol. The van der Waals surface area contributed by atoms with E-state index in [4.69, 9.17) is 4.74 Å². The molecule has 1 aliphatic rings. The number of benzene rings is 2. The molecule has 0 bridgehead atoms. The van der Waals surface area contributed by atoms with Gasteiger partial charge in [0.25, 0.3) is 5.78 Å². The fraction of sp³-hybridized carbons (Fsp3) is 0.192. The molecule has 1 aromatic heterocycles. The molecule has 6 nitrogen and oxygen atoms in total. The van der Waals surface area contributed by atoms with Crippen LogP contribution in [0.3, 0.4) is 0 Å². The average molecular weight is 428 g/mol. The van der Waals surface area contributed by atoms with Crippen molar-refractivity contribution in [1.82, 2.24) is 4.98 Å². The molecule has 1 atom stereocenters. The highest BCUT2D eigenvalue weighted by molar-refractivity contribution is 6.51. The van der Waals surface area contributed by atoms with Crippen LogP contribution < -0.4 is 9.64 Å². The molecular weight excluding hydrogens is 404 g/mol. The third-order valence-electron chi connectivity index (χ3n) is 5.33. The second kappa shape index (κ2) is 9.06. The maximum absolute atomic E-state index is 13.1. The molecule has 0 saturated carbocycles. The number of hydrogen-bond acceptors (Lipinski definition) is 5. The van der Waals surface area contributed by atoms with E-state index in [9.17, 15) is 14.7 Å². The van der Waals surface area contributed by atoms with Crippen LogP contribution in [0.1, 0.15) is 36.1 Å². The van der Waals surface area contributed by atoms with Gasteiger partial charge in [0, 0.05) is 11.8 Å². The molecular formula is C26H24N2O4. The van der Waals surface area contributed by atoms with Gasteiger partial charge in [0.1, 0.15) is 17.3 Å². The molecule has 1 fully saturated rings. The quantitative estimate of drug-likeness (QED) is 0.346. The number of aromatic nitrogens is 1. The zero-order valence-electron chi connectivity index (χ0n) is 18.0. The minimum absolute atomic E-state index is 0.0340. The fourth-order valence-corrected chi connectivity index (χ4v) is 3.71. The Morgan fingerprint density at radius 1 is 1.03 bits per heavy atom. The summed E-state index contributed by atoms with van der Waals surface area (Å²) in [5.74, 6) is -0.673. The molecule has 1 amide bonds. The van der Waals surface area contributed by atoms with Crippen molar-refractivity contribution >= 4 is 23.3 Å². The molecule has 32 heavy (non-hydrogen) atoms. The number of carbonyl (C=O) groups is 2. The lowest BCUT2D eigenvalue weighted by Gasteiger charge is -2.24. The Morgan fingerprint density at radius 2 is 1.75 bits per heavy atom. The Labute approximate surface area is 186 Å². The number of ether oxygens (including phenoxy) is 1. The van der Waals surface area contributed by atoms with E-state index in [1.165, 1.54) is 4.90 Å². The number of aryl methyl sites for hydroxylation is 1. The second-order valence-electron chi connectivity index (χ2n) is 7.64. The highest BCUT2D eigenvalue weighted by atomic mass is 16.5. The van der Waals surface area contributed by atoms with Crippen molar-refractivity contribution in [3.8, 4) is 5.75 Å². The van der Waals surface area contributed by atoms with Crippen LogP contribution >= 0.6 is 0 Å². The van der Waals surface area contributed by atoms with Gasteiger partial charge in [-0.1, -0.05) is 42.8 Å². The molecule has 1 saturated heterocycles. The van der Waals surface area contributed by atoms with Crippen molar-refractivity contribution in [2.24, 2.45) is 0 Å². The van der Waals surface area contributed by atoms with Crippen molar-refractivity contribution < 1.29 is 19.4 Å². The number of carbonyl (C=O) groups excluding carboxylic acids is 2. The van der Waals surface area contributed by atoms with E-state index in [1.807, 2.05) is 38.1 Å². The number of nitrogens with zero attached hydrogens (tertiary/aromatic N) is 2. The molecule has 2 aromatic carbocycles. The predicted molar refractivity (Wildman–Crippen MR) is 122 cm³/mol. The van der Waals surface area contributed by atoms with Gasteiger partial charge in [-0.15, -0.1) is 0 Å². The first-order chi connectivity index (χ1) is 15.5. The first-order valence-electron chi connectivity index (χ1n) is 10.5. The second-order valence-corrected chi connectivity index (χ2v) is 7.64. The molecule has 0 spiro atoms. The molecule has 3 aromatic rings. The number of aliphatic hydroxyl groups excluding tert-OH is 1. The lowest BCUT2D eigenvalue weighted by atomic mass is 9.94. The van der Waals surface area contributed by atoms with Crippen molar-refractivity contribution in [1.29, 1.82) is 0 Å². The van der Waals surface area contributed by atoms with Crippen molar-refractivity contribution in [2.45, 2.75) is 26.3 Å². The highest BCUT2D eigenvalue weighted by Crippen LogP contribution is 2.41. The summed E-state index contributed by atoms with van der Waals surface area (Å²) in [6, 6.07) is 18.7. The van der Waals surface area contributed by atoms with E-state index in [1.54, 1.807) is 48.7 Å². The first kappa shape index (κ1) is 21.3. The van der Waals surface area contributed by atoms with Gasteiger partial charge in [0.05, 0.1) is 18.2 Å². The molecule has 0 unspecified atom stereocenters. The maximum atomic E-state index is 13.1. The minimum atomic E-state index is -0.790. The van der Waals surface area contributed by atoms with E-state index >= 15 is 0 Å². The van der Waals surface area contributed by atoms with Crippen LogP contribution in [0, 0.1) is 6.92 Å². The summed E-state index contributed by atoms with van der Waals surface area (Å²) in [4.78, 5) is 31.8. The fourth-order valence-electron chi connectivity index (χ4n) is 3.71. The van der Waals surface area contributed by atoms with Crippen LogP contribution in [-0.4, -0.2) is 28.4 Å². The lowest BCUT2D eigenvalue weighted by molar-refractivity contribution is -0.132. The van der Waals surface area contributed by atoms with Gasteiger partial charge < -0.3 is 9.84 Å². The Kier molecular flexibility index (Phi) is 6.03. The summed E-state index contributed by atoms with van der Waals surface area (Å²) >= 11 is 0. The van der Waals surface area contributed by atoms with E-state index in [0.29, 0.717) is 29.3 Å². The molecule has 2 heterocycles. The number of anilines is 1. The Hall–Kier alpha value is -3.93. The summed E-state index contributed by atoms with van der Waals surface area (Å²) in [6.07, 6.45) is 2.45. The maximum Gasteiger partial charge on any atom is 0.301 e. The zero-order valence-corrected chi connectivity index (χ0v) is 18.0. The number of aliphatic hydroxyl groups is 1. The van der Waals surface area contributed by atoms with Gasteiger partial charge >= 0.3 is 5.91 Å². The van der Waals surface area contributed by atoms with Gasteiger partial charge in [-0.2, -0.15) is 0 Å². The molecule has 1 N–H and O–H groups in total. The highest BCUT2D eigenvalue weighted by Gasteiger charge is 2.47. The topological polar surface area (TPSA) is 79.7 Å². The van der Waals surface area contributed by atoms with E-state index in [-0.39, 0.29) is 11.3 Å². The summed E-state index contributed by atoms with van der Waals surface area (Å²) in [5, 5.41) is 11.1. The number of ketones is 1. The number of hydrogen-bond donors (Lipinski definition) is 1. The summed E-state index contributed by atoms with van der Waals surface area (Å²) in [6.45, 7) is 4.57. The van der Waals surface area contributed by atoms with E-state index in [0.717, 1.165) is 12.0 Å². The number of amides is 1. The number of Topliss-reactive ketones (excluding diaryl/α,β-unsaturated/α-hetero) is 1. The van der Waals surface area contributed by atoms with Crippen molar-refractivity contribution in [2.75, 3.05) is 11.5 Å². The lowest BCUT2D eigenvalue weighted by Crippen LogP contribution is -2.30. The molecule has 6 heteroatoms. The van der Waals surface area contributed by atoms with Gasteiger partial charge in [0.15, 0.2) is 0 Å². The van der Waals surface area contributed by atoms with Gasteiger partial charge in [-0.05, 0) is 55.3 Å². The predicted octanol–water partition coefficient (Wildman–Crippen LogP) is 4.81. The van der Waals surface area contributed by atoms with Crippen LogP contribution in [0.5, 0.6) is 5.75 Å². The first-order valence-corrected chi connectivity index (χ1v) is 10.5. The number of pyridine rings is 1. The largest absolute Gasteiger partial charge is 0.507 e. The molecule has 4 rings (SSSR count). The summed E-state index contributed by atoms with van der Waals surface area (Å²) < 4.78 is 5.59. The van der Waals surface area contributed by atoms with Crippen molar-refractivity contribution in [3.63, 3.8) is 0 Å². The van der Waals surface area contributed by atoms with Gasteiger partial charge in [-0.25, -0.2) is 4.98 Å². The molecule has 162 valence electrons. The summed E-state index contributed by atoms with van der Waals surface area (Å²) in [5.41, 5.74) is 2.23. The van der Waals surface area contributed by atoms with Gasteiger partial charge in [0.2, 0.25) is 0 Å². The van der Waals surface area contributed by atoms with E-state index in [2.05, 4.69) is 4.98 Å². The van der Waals surface area contributed by atoms with Gasteiger partial charge in [-0.3, -0.25) is 14.5 Å². The summed E-state index contributed by atoms with van der Waals surface area (Å²) in [7, 11) is 0. The van der Waals surface area contributed by atoms with Crippen molar-refractivity contribution in [3.05, 3.63) is 95.2 Å². The number of rotatable bonds is 6. The average Bonchev–Trinajstić information content (AvgIpc) is 3.09. The van der Waals surface area contributed by atoms with Crippen LogP contribution in [0.15, 0.2) is 78.5 Å². The van der Waals surface area contributed by atoms with Crippen LogP contribution in [-0.2, 0) is 9.59 Å². The van der Waals surface area contributed by atoms with E-state index < -0.39 is 17.7 Å². The Bertz CT molecular complexity index is 1150. The SMILES string of the molecule is CCCOc1ccc(C(O)=C2C(=O)C(=O)N(c3ccccn3)[C@H]2c2ccc(C)cc2)cc1. The third kappa shape index (κ3) is 3.99. The Balaban J connectivity index is 1.83. The normalized spacial score (nSPS) is 17.6. The molecule has 0 aliphatic carbocycles. The smallest absolute Gasteiger partial charge is 0.301 e. The third-order valence-corrected chi connectivity index (χ3v) is 5.33. The van der Waals surface area contributed by atoms with Crippen LogP contribution in [0.4, 0.5) is 5.82 Å². The standard InChI is InChI=1S/C26H24N2O4/c1-3-16-32-20-13-11-19(12-14-20)24(29)22-23(18-9-7-17(2)8-10-18)28(26(31)25(22)30)21-6-4-5-15-27-21/h4-15,23,29H,3,16H2,1-2H3/t23-/m0/s1. The van der Waals surface area contributed by atoms with Crippen LogP contribution in [0.2, 0.25) is 0 Å². The minimum Gasteiger partial charge on any atom is -0.507 e. The Morgan fingerprint density at radius 3 is 2.38 bits per heavy atom. The molecule has 0 radical (unpaired) electrons. The zero-order chi connectivity index (χ0) is 22.7. The molecule has 1 aliphatic heterocycles. The van der Waals surface area contributed by atoms with Crippen LogP contribution in [0.25, 0.3) is 5.76 Å².